The highest BCUT2D eigenvalue weighted by Gasteiger charge is 2.44. The molecule has 2 saturated carbocycles. The van der Waals surface area contributed by atoms with Gasteiger partial charge in [0, 0.05) is 3.57 Å². The largest absolute Gasteiger partial charge is 0.426 e. The normalized spacial score (nSPS) is 27.8. The van der Waals surface area contributed by atoms with Crippen LogP contribution in [0.3, 0.4) is 0 Å². The van der Waals surface area contributed by atoms with Gasteiger partial charge in [-0.3, -0.25) is 9.35 Å². The zero-order chi connectivity index (χ0) is 15.2. The lowest BCUT2D eigenvalue weighted by molar-refractivity contribution is -0.140. The monoisotopic (exact) mass is 422 g/mol. The zero-order valence-electron chi connectivity index (χ0n) is 11.2. The minimum absolute atomic E-state index is 0.0253. The lowest BCUT2D eigenvalue weighted by atomic mass is 9.89. The van der Waals surface area contributed by atoms with Gasteiger partial charge < -0.3 is 4.74 Å². The molecule has 2 fully saturated rings. The van der Waals surface area contributed by atoms with E-state index in [1.165, 1.54) is 24.6 Å². The van der Waals surface area contributed by atoms with E-state index in [0.717, 1.165) is 19.3 Å². The van der Waals surface area contributed by atoms with Crippen molar-refractivity contribution in [3.8, 4) is 5.75 Å². The van der Waals surface area contributed by atoms with Crippen LogP contribution in [0.4, 0.5) is 0 Å². The van der Waals surface area contributed by atoms with Crippen molar-refractivity contribution in [3.63, 3.8) is 0 Å². The average molecular weight is 422 g/mol. The first-order valence-corrected chi connectivity index (χ1v) is 9.35. The first-order chi connectivity index (χ1) is 9.84. The van der Waals surface area contributed by atoms with Gasteiger partial charge in [0.25, 0.3) is 10.1 Å². The van der Waals surface area contributed by atoms with Crippen LogP contribution in [0.15, 0.2) is 23.1 Å². The molecule has 0 aliphatic heterocycles. The van der Waals surface area contributed by atoms with E-state index in [1.807, 2.05) is 0 Å². The molecule has 3 rings (SSSR count). The number of carbonyl (C=O) groups excluding carboxylic acids is 1. The number of esters is 1. The summed E-state index contributed by atoms with van der Waals surface area (Å²) in [6.07, 6.45) is 4.35. The number of carbonyl (C=O) groups is 1. The molecule has 0 amide bonds. The number of hydrogen-bond acceptors (Lipinski definition) is 4. The Labute approximate surface area is 137 Å². The number of hydrogen-bond donors (Lipinski definition) is 1. The van der Waals surface area contributed by atoms with Crippen molar-refractivity contribution in [2.24, 2.45) is 17.8 Å². The molecule has 1 aromatic rings. The number of benzene rings is 1. The molecule has 0 spiro atoms. The second kappa shape index (κ2) is 5.51. The van der Waals surface area contributed by atoms with Crippen molar-refractivity contribution in [2.45, 2.75) is 30.6 Å². The minimum atomic E-state index is -4.25. The van der Waals surface area contributed by atoms with E-state index in [1.54, 1.807) is 22.6 Å². The summed E-state index contributed by atoms with van der Waals surface area (Å²) in [5, 5.41) is 0. The molecule has 0 radical (unpaired) electrons. The van der Waals surface area contributed by atoms with Crippen LogP contribution in [0.25, 0.3) is 0 Å². The molecule has 21 heavy (non-hydrogen) atoms. The fraction of sp³-hybridized carbons (Fsp3) is 0.500. The van der Waals surface area contributed by atoms with Crippen molar-refractivity contribution in [1.29, 1.82) is 0 Å². The predicted octanol–water partition coefficient (Wildman–Crippen LogP) is 2.88. The summed E-state index contributed by atoms with van der Waals surface area (Å²) in [7, 11) is -4.25. The maximum atomic E-state index is 12.2. The summed E-state index contributed by atoms with van der Waals surface area (Å²) in [5.41, 5.74) is 0. The number of halogens is 1. The topological polar surface area (TPSA) is 80.7 Å². The molecule has 3 atom stereocenters. The number of fused-ring (bicyclic) bond motifs is 2. The van der Waals surface area contributed by atoms with E-state index < -0.39 is 10.1 Å². The third-order valence-electron chi connectivity index (χ3n) is 4.44. The highest BCUT2D eigenvalue weighted by Crippen LogP contribution is 2.48. The first kappa shape index (κ1) is 15.2. The van der Waals surface area contributed by atoms with Crippen molar-refractivity contribution in [2.75, 3.05) is 0 Å². The zero-order valence-corrected chi connectivity index (χ0v) is 14.1. The fourth-order valence-corrected chi connectivity index (χ4v) is 5.35. The van der Waals surface area contributed by atoms with Crippen LogP contribution in [0.2, 0.25) is 0 Å². The summed E-state index contributed by atoms with van der Waals surface area (Å²) in [4.78, 5) is 12.0. The van der Waals surface area contributed by atoms with Gasteiger partial charge in [0.1, 0.15) is 10.6 Å². The summed E-state index contributed by atoms with van der Waals surface area (Å²) < 4.78 is 37.0. The number of rotatable bonds is 3. The molecule has 7 heteroatoms. The van der Waals surface area contributed by atoms with Crippen LogP contribution in [0.1, 0.15) is 25.7 Å². The molecule has 0 saturated heterocycles. The van der Waals surface area contributed by atoms with Gasteiger partial charge in [0.05, 0.1) is 5.92 Å². The fourth-order valence-electron chi connectivity index (χ4n) is 3.48. The molecule has 3 unspecified atom stereocenters. The first-order valence-electron chi connectivity index (χ1n) is 6.83. The molecule has 1 aromatic carbocycles. The van der Waals surface area contributed by atoms with E-state index in [-0.39, 0.29) is 16.8 Å². The van der Waals surface area contributed by atoms with E-state index in [0.29, 0.717) is 21.2 Å². The highest BCUT2D eigenvalue weighted by atomic mass is 127. The van der Waals surface area contributed by atoms with Crippen LogP contribution >= 0.6 is 22.6 Å². The molecule has 114 valence electrons. The second-order valence-electron chi connectivity index (χ2n) is 5.77. The molecular formula is C14H15IO5S. The third kappa shape index (κ3) is 3.09. The van der Waals surface area contributed by atoms with Gasteiger partial charge in [0.15, 0.2) is 0 Å². The summed E-state index contributed by atoms with van der Waals surface area (Å²) >= 11 is 1.79. The summed E-state index contributed by atoms with van der Waals surface area (Å²) in [5.74, 6) is 1.17. The summed E-state index contributed by atoms with van der Waals surface area (Å²) in [6, 6.07) is 4.10. The Morgan fingerprint density at radius 2 is 2.05 bits per heavy atom. The van der Waals surface area contributed by atoms with E-state index >= 15 is 0 Å². The Hall–Kier alpha value is -0.670. The van der Waals surface area contributed by atoms with Crippen LogP contribution in [0.5, 0.6) is 5.75 Å². The van der Waals surface area contributed by atoms with Crippen LogP contribution in [0, 0.1) is 21.3 Å². The van der Waals surface area contributed by atoms with Gasteiger partial charge in [-0.05, 0) is 71.9 Å². The Balaban J connectivity index is 1.74. The van der Waals surface area contributed by atoms with Gasteiger partial charge in [-0.15, -0.1) is 0 Å². The minimum Gasteiger partial charge on any atom is -0.426 e. The molecular weight excluding hydrogens is 407 g/mol. The maximum absolute atomic E-state index is 12.2. The van der Waals surface area contributed by atoms with Gasteiger partial charge >= 0.3 is 5.97 Å². The average Bonchev–Trinajstić information content (AvgIpc) is 2.99. The number of ether oxygens (including phenoxy) is 1. The molecule has 2 aliphatic carbocycles. The lowest BCUT2D eigenvalue weighted by Crippen LogP contribution is -2.25. The SMILES string of the molecule is O=C(Oc1ccc(S(=O)(=O)O)c(I)c1)C1CC2CCC1C2. The third-order valence-corrected chi connectivity index (χ3v) is 6.61. The van der Waals surface area contributed by atoms with Gasteiger partial charge in [-0.25, -0.2) is 0 Å². The quantitative estimate of drug-likeness (QED) is 0.351. The van der Waals surface area contributed by atoms with Gasteiger partial charge in [-0.2, -0.15) is 8.42 Å². The second-order valence-corrected chi connectivity index (χ2v) is 8.32. The maximum Gasteiger partial charge on any atom is 0.314 e. The Kier molecular flexibility index (Phi) is 4.00. The standard InChI is InChI=1S/C14H15IO5S/c15-12-7-10(3-4-13(12)21(17,18)19)20-14(16)11-6-8-1-2-9(11)5-8/h3-4,7-9,11H,1-2,5-6H2,(H,17,18,19). The van der Waals surface area contributed by atoms with Crippen molar-refractivity contribution in [1.82, 2.24) is 0 Å². The van der Waals surface area contributed by atoms with E-state index in [9.17, 15) is 13.2 Å². The predicted molar refractivity (Wildman–Crippen MR) is 83.5 cm³/mol. The molecule has 2 bridgehead atoms. The van der Waals surface area contributed by atoms with Gasteiger partial charge in [-0.1, -0.05) is 6.42 Å². The van der Waals surface area contributed by atoms with Crippen molar-refractivity contribution < 1.29 is 22.5 Å². The van der Waals surface area contributed by atoms with Crippen molar-refractivity contribution >= 4 is 38.7 Å². The molecule has 2 aliphatic rings. The highest BCUT2D eigenvalue weighted by molar-refractivity contribution is 14.1. The Morgan fingerprint density at radius 1 is 1.29 bits per heavy atom. The van der Waals surface area contributed by atoms with Crippen LogP contribution < -0.4 is 4.74 Å². The molecule has 0 heterocycles. The summed E-state index contributed by atoms with van der Waals surface area (Å²) in [6.45, 7) is 0. The molecule has 1 N–H and O–H groups in total. The Morgan fingerprint density at radius 3 is 2.57 bits per heavy atom. The van der Waals surface area contributed by atoms with Crippen molar-refractivity contribution in [3.05, 3.63) is 21.8 Å². The smallest absolute Gasteiger partial charge is 0.314 e. The lowest BCUT2D eigenvalue weighted by Gasteiger charge is -2.19. The molecule has 5 nitrogen and oxygen atoms in total. The van der Waals surface area contributed by atoms with Crippen LogP contribution in [-0.2, 0) is 14.9 Å². The molecule has 0 aromatic heterocycles. The van der Waals surface area contributed by atoms with E-state index in [2.05, 4.69) is 0 Å². The van der Waals surface area contributed by atoms with Crippen LogP contribution in [-0.4, -0.2) is 18.9 Å². The van der Waals surface area contributed by atoms with Gasteiger partial charge in [0.2, 0.25) is 0 Å². The van der Waals surface area contributed by atoms with E-state index in [4.69, 9.17) is 9.29 Å². The Bertz CT molecular complexity index is 685.